The van der Waals surface area contributed by atoms with Crippen LogP contribution in [0.15, 0.2) is 41.2 Å². The summed E-state index contributed by atoms with van der Waals surface area (Å²) in [5, 5.41) is 20.5. The normalized spacial score (nSPS) is 10.9. The Labute approximate surface area is 156 Å². The number of nitro groups is 1. The SMILES string of the molecule is O=C(OCCCCO)Oc1cc([N+](=O)[O-])cc2sc3ccccc3c(=O)c12. The lowest BCUT2D eigenvalue weighted by Gasteiger charge is -2.09. The van der Waals surface area contributed by atoms with Gasteiger partial charge in [0.25, 0.3) is 5.69 Å². The van der Waals surface area contributed by atoms with E-state index < -0.39 is 11.1 Å². The number of benzene rings is 2. The van der Waals surface area contributed by atoms with Crippen molar-refractivity contribution in [1.29, 1.82) is 0 Å². The summed E-state index contributed by atoms with van der Waals surface area (Å²) >= 11 is 1.20. The summed E-state index contributed by atoms with van der Waals surface area (Å²) < 4.78 is 11.0. The molecule has 0 aliphatic heterocycles. The minimum Gasteiger partial charge on any atom is -0.434 e. The van der Waals surface area contributed by atoms with Gasteiger partial charge in [0.05, 0.1) is 23.0 Å². The van der Waals surface area contributed by atoms with E-state index in [0.717, 1.165) is 6.07 Å². The van der Waals surface area contributed by atoms with Gasteiger partial charge in [-0.05, 0) is 25.0 Å². The zero-order chi connectivity index (χ0) is 19.4. The highest BCUT2D eigenvalue weighted by Crippen LogP contribution is 2.34. The number of non-ortho nitro benzene ring substituents is 1. The van der Waals surface area contributed by atoms with Gasteiger partial charge in [0, 0.05) is 27.5 Å². The van der Waals surface area contributed by atoms with Crippen LogP contribution in [0.3, 0.4) is 0 Å². The Kier molecular flexibility index (Phi) is 5.63. The predicted molar refractivity (Wildman–Crippen MR) is 101 cm³/mol. The molecule has 1 aromatic heterocycles. The van der Waals surface area contributed by atoms with Gasteiger partial charge in [-0.2, -0.15) is 0 Å². The standard InChI is InChI=1S/C18H15NO7S/c20-7-3-4-8-25-18(22)26-13-9-11(19(23)24)10-15-16(13)17(21)12-5-1-2-6-14(12)27-15/h1-2,5-6,9-10,20H,3-4,7-8H2. The number of carbonyl (C=O) groups is 1. The van der Waals surface area contributed by atoms with Gasteiger partial charge in [-0.3, -0.25) is 14.9 Å². The minimum absolute atomic E-state index is 0.0259. The lowest BCUT2D eigenvalue weighted by Crippen LogP contribution is -2.14. The number of nitro benzene ring substituents is 1. The molecule has 0 atom stereocenters. The molecule has 140 valence electrons. The Morgan fingerprint density at radius 3 is 2.70 bits per heavy atom. The van der Waals surface area contributed by atoms with Crippen LogP contribution in [0.1, 0.15) is 12.8 Å². The van der Waals surface area contributed by atoms with Gasteiger partial charge in [0.2, 0.25) is 0 Å². The second-order valence-electron chi connectivity index (χ2n) is 5.63. The maximum atomic E-state index is 12.8. The third kappa shape index (κ3) is 4.04. The van der Waals surface area contributed by atoms with Crippen LogP contribution in [0, 0.1) is 10.1 Å². The summed E-state index contributed by atoms with van der Waals surface area (Å²) in [5.41, 5.74) is -0.672. The molecule has 3 aromatic rings. The van der Waals surface area contributed by atoms with E-state index in [1.54, 1.807) is 24.3 Å². The molecule has 0 unspecified atom stereocenters. The van der Waals surface area contributed by atoms with Crippen molar-refractivity contribution >= 4 is 43.4 Å². The third-order valence-electron chi connectivity index (χ3n) is 3.81. The summed E-state index contributed by atoms with van der Waals surface area (Å²) in [7, 11) is 0. The van der Waals surface area contributed by atoms with Crippen LogP contribution in [0.25, 0.3) is 20.2 Å². The number of unbranched alkanes of at least 4 members (excludes halogenated alkanes) is 1. The van der Waals surface area contributed by atoms with Gasteiger partial charge in [-0.25, -0.2) is 4.79 Å². The van der Waals surface area contributed by atoms with Crippen LogP contribution in [0.5, 0.6) is 5.75 Å². The lowest BCUT2D eigenvalue weighted by atomic mass is 10.1. The van der Waals surface area contributed by atoms with E-state index in [2.05, 4.69) is 0 Å². The maximum Gasteiger partial charge on any atom is 0.513 e. The molecule has 27 heavy (non-hydrogen) atoms. The summed E-state index contributed by atoms with van der Waals surface area (Å²) in [6, 6.07) is 9.20. The number of carbonyl (C=O) groups excluding carboxylic acids is 1. The van der Waals surface area contributed by atoms with Gasteiger partial charge in [-0.15, -0.1) is 11.3 Å². The first-order valence-corrected chi connectivity index (χ1v) is 8.92. The minimum atomic E-state index is -1.06. The first-order valence-electron chi connectivity index (χ1n) is 8.10. The van der Waals surface area contributed by atoms with E-state index in [-0.39, 0.29) is 35.5 Å². The van der Waals surface area contributed by atoms with Crippen LogP contribution in [0.4, 0.5) is 10.5 Å². The largest absolute Gasteiger partial charge is 0.513 e. The number of fused-ring (bicyclic) bond motifs is 2. The Bertz CT molecular complexity index is 1080. The predicted octanol–water partition coefficient (Wildman–Crippen LogP) is 3.61. The zero-order valence-corrected chi connectivity index (χ0v) is 14.9. The average Bonchev–Trinajstić information content (AvgIpc) is 2.65. The molecule has 0 aliphatic carbocycles. The van der Waals surface area contributed by atoms with Crippen molar-refractivity contribution in [3.05, 3.63) is 56.7 Å². The molecule has 9 heteroatoms. The third-order valence-corrected chi connectivity index (χ3v) is 4.92. The monoisotopic (exact) mass is 389 g/mol. The number of rotatable bonds is 6. The molecule has 1 N–H and O–H groups in total. The fourth-order valence-electron chi connectivity index (χ4n) is 2.55. The topological polar surface area (TPSA) is 116 Å². The molecule has 0 spiro atoms. The van der Waals surface area contributed by atoms with E-state index in [1.165, 1.54) is 17.4 Å². The molecule has 0 bridgehead atoms. The first kappa shape index (κ1) is 18.7. The Morgan fingerprint density at radius 2 is 1.96 bits per heavy atom. The van der Waals surface area contributed by atoms with Crippen LogP contribution in [-0.2, 0) is 4.74 Å². The second kappa shape index (κ2) is 8.11. The molecule has 0 saturated heterocycles. The first-order chi connectivity index (χ1) is 13.0. The summed E-state index contributed by atoms with van der Waals surface area (Å²) in [4.78, 5) is 35.3. The fourth-order valence-corrected chi connectivity index (χ4v) is 3.68. The summed E-state index contributed by atoms with van der Waals surface area (Å²) in [5.74, 6) is -0.210. The van der Waals surface area contributed by atoms with Crippen LogP contribution in [-0.4, -0.2) is 29.4 Å². The number of aliphatic hydroxyl groups excluding tert-OH is 1. The molecule has 0 radical (unpaired) electrons. The van der Waals surface area contributed by atoms with E-state index in [9.17, 15) is 19.7 Å². The van der Waals surface area contributed by atoms with Crippen molar-refractivity contribution < 1.29 is 24.3 Å². The number of aliphatic hydroxyl groups is 1. The molecule has 3 rings (SSSR count). The van der Waals surface area contributed by atoms with Crippen molar-refractivity contribution in [2.24, 2.45) is 0 Å². The van der Waals surface area contributed by atoms with E-state index >= 15 is 0 Å². The second-order valence-corrected chi connectivity index (χ2v) is 6.72. The van der Waals surface area contributed by atoms with Crippen molar-refractivity contribution in [1.82, 2.24) is 0 Å². The highest BCUT2D eigenvalue weighted by atomic mass is 32.1. The number of hydrogen-bond acceptors (Lipinski definition) is 8. The van der Waals surface area contributed by atoms with Gasteiger partial charge >= 0.3 is 6.16 Å². The average molecular weight is 389 g/mol. The van der Waals surface area contributed by atoms with Gasteiger partial charge < -0.3 is 14.6 Å². The summed E-state index contributed by atoms with van der Waals surface area (Å²) in [6.07, 6.45) is -0.154. The maximum absolute atomic E-state index is 12.8. The van der Waals surface area contributed by atoms with Crippen molar-refractivity contribution in [3.63, 3.8) is 0 Å². The Morgan fingerprint density at radius 1 is 1.19 bits per heavy atom. The smallest absolute Gasteiger partial charge is 0.434 e. The molecular weight excluding hydrogens is 374 g/mol. The molecular formula is C18H15NO7S. The fraction of sp³-hybridized carbons (Fsp3) is 0.222. The van der Waals surface area contributed by atoms with Gasteiger partial charge in [0.1, 0.15) is 0 Å². The number of nitrogens with zero attached hydrogens (tertiary/aromatic N) is 1. The van der Waals surface area contributed by atoms with Crippen LogP contribution in [0.2, 0.25) is 0 Å². The number of hydrogen-bond donors (Lipinski definition) is 1. The van der Waals surface area contributed by atoms with Gasteiger partial charge in [0.15, 0.2) is 11.2 Å². The van der Waals surface area contributed by atoms with E-state index in [4.69, 9.17) is 14.6 Å². The van der Waals surface area contributed by atoms with Crippen LogP contribution < -0.4 is 10.2 Å². The van der Waals surface area contributed by atoms with Crippen molar-refractivity contribution in [2.75, 3.05) is 13.2 Å². The van der Waals surface area contributed by atoms with Gasteiger partial charge in [-0.1, -0.05) is 12.1 Å². The molecule has 0 aliphatic rings. The molecule has 0 fully saturated rings. The molecule has 1 heterocycles. The molecule has 2 aromatic carbocycles. The van der Waals surface area contributed by atoms with Crippen molar-refractivity contribution in [3.8, 4) is 5.75 Å². The molecule has 0 amide bonds. The quantitative estimate of drug-likeness (QED) is 0.171. The molecule has 0 saturated carbocycles. The van der Waals surface area contributed by atoms with E-state index in [0.29, 0.717) is 27.6 Å². The van der Waals surface area contributed by atoms with E-state index in [1.807, 2.05) is 0 Å². The zero-order valence-electron chi connectivity index (χ0n) is 14.0. The molecule has 8 nitrogen and oxygen atoms in total. The van der Waals surface area contributed by atoms with Crippen LogP contribution >= 0.6 is 11.3 Å². The Balaban J connectivity index is 2.06. The van der Waals surface area contributed by atoms with Crippen molar-refractivity contribution in [2.45, 2.75) is 12.8 Å². The number of ether oxygens (including phenoxy) is 2. The highest BCUT2D eigenvalue weighted by Gasteiger charge is 2.20. The highest BCUT2D eigenvalue weighted by molar-refractivity contribution is 7.24. The summed E-state index contributed by atoms with van der Waals surface area (Å²) in [6.45, 7) is 0.00394. The lowest BCUT2D eigenvalue weighted by molar-refractivity contribution is -0.384. The Hall–Kier alpha value is -3.04.